The van der Waals surface area contributed by atoms with E-state index in [0.29, 0.717) is 29.4 Å². The highest BCUT2D eigenvalue weighted by molar-refractivity contribution is 6.31. The van der Waals surface area contributed by atoms with Gasteiger partial charge in [-0.1, -0.05) is 48.0 Å². The zero-order valence-corrected chi connectivity index (χ0v) is 16.4. The Bertz CT molecular complexity index is 880. The molecule has 0 aliphatic rings. The minimum atomic E-state index is -0.372. The summed E-state index contributed by atoms with van der Waals surface area (Å²) in [5.74, 6) is 0.267. The largest absolute Gasteiger partial charge is 0.467 e. The molecule has 0 saturated heterocycles. The number of hydrogen-bond donors (Lipinski definition) is 0. The fourth-order valence-corrected chi connectivity index (χ4v) is 3.19. The van der Waals surface area contributed by atoms with E-state index in [2.05, 4.69) is 0 Å². The summed E-state index contributed by atoms with van der Waals surface area (Å²) in [4.78, 5) is 16.4. The van der Waals surface area contributed by atoms with Gasteiger partial charge in [0.1, 0.15) is 11.6 Å². The van der Waals surface area contributed by atoms with E-state index in [1.165, 1.54) is 6.07 Å². The summed E-state index contributed by atoms with van der Waals surface area (Å²) in [5.41, 5.74) is 1.42. The number of rotatable bonds is 8. The van der Waals surface area contributed by atoms with Crippen LogP contribution in [0.3, 0.4) is 0 Å². The van der Waals surface area contributed by atoms with Crippen LogP contribution in [0.5, 0.6) is 0 Å². The fraction of sp³-hybridized carbons (Fsp3) is 0.227. The molecular weight excluding hydrogens is 379 g/mol. The smallest absolute Gasteiger partial charge is 0.237 e. The van der Waals surface area contributed by atoms with E-state index in [1.807, 2.05) is 36.4 Å². The van der Waals surface area contributed by atoms with Crippen molar-refractivity contribution in [3.05, 3.63) is 94.7 Å². The van der Waals surface area contributed by atoms with Crippen molar-refractivity contribution in [2.24, 2.45) is 0 Å². The van der Waals surface area contributed by atoms with Crippen molar-refractivity contribution in [1.29, 1.82) is 0 Å². The van der Waals surface area contributed by atoms with Crippen molar-refractivity contribution >= 4 is 17.5 Å². The lowest BCUT2D eigenvalue weighted by Crippen LogP contribution is -2.38. The molecule has 3 aromatic rings. The Balaban J connectivity index is 1.69. The number of carbonyl (C=O) groups is 1. The highest BCUT2D eigenvalue weighted by atomic mass is 35.5. The van der Waals surface area contributed by atoms with Crippen LogP contribution in [0.1, 0.15) is 16.9 Å². The zero-order valence-electron chi connectivity index (χ0n) is 15.6. The maximum Gasteiger partial charge on any atom is 0.237 e. The Hall–Kier alpha value is -2.63. The lowest BCUT2D eigenvalue weighted by molar-refractivity contribution is -0.133. The molecule has 0 radical (unpaired) electrons. The number of amides is 1. The molecule has 0 fully saturated rings. The first-order valence-corrected chi connectivity index (χ1v) is 9.36. The minimum Gasteiger partial charge on any atom is -0.467 e. The van der Waals surface area contributed by atoms with Crippen LogP contribution in [0, 0.1) is 5.82 Å². The number of hydrogen-bond acceptors (Lipinski definition) is 3. The maximum atomic E-state index is 14.0. The number of nitrogens with zero attached hydrogens (tertiary/aromatic N) is 2. The number of furan rings is 1. The van der Waals surface area contributed by atoms with Gasteiger partial charge < -0.3 is 9.32 Å². The van der Waals surface area contributed by atoms with Gasteiger partial charge in [-0.3, -0.25) is 9.69 Å². The van der Waals surface area contributed by atoms with E-state index in [0.717, 1.165) is 5.56 Å². The molecule has 0 aliphatic carbocycles. The summed E-state index contributed by atoms with van der Waals surface area (Å²) in [6, 6.07) is 18.0. The predicted molar refractivity (Wildman–Crippen MR) is 107 cm³/mol. The van der Waals surface area contributed by atoms with Crippen LogP contribution in [-0.4, -0.2) is 29.3 Å². The molecule has 0 spiro atoms. The number of halogens is 2. The van der Waals surface area contributed by atoms with Crippen LogP contribution < -0.4 is 0 Å². The Kier molecular flexibility index (Phi) is 6.85. The Morgan fingerprint density at radius 3 is 2.46 bits per heavy atom. The van der Waals surface area contributed by atoms with Crippen LogP contribution in [-0.2, 0) is 24.4 Å². The Labute approximate surface area is 169 Å². The van der Waals surface area contributed by atoms with Gasteiger partial charge in [-0.05, 0) is 36.9 Å². The minimum absolute atomic E-state index is 0.0739. The summed E-state index contributed by atoms with van der Waals surface area (Å²) in [5, 5.41) is 0.357. The maximum absolute atomic E-state index is 14.0. The van der Waals surface area contributed by atoms with E-state index in [9.17, 15) is 9.18 Å². The SMILES string of the molecule is CN(CC(=O)N(Cc1ccccc1)Cc1ccco1)Cc1c(F)cccc1Cl. The van der Waals surface area contributed by atoms with Crippen molar-refractivity contribution in [2.75, 3.05) is 13.6 Å². The average molecular weight is 401 g/mol. The molecule has 3 rings (SSSR count). The van der Waals surface area contributed by atoms with E-state index >= 15 is 0 Å². The van der Waals surface area contributed by atoms with Crippen LogP contribution in [0.15, 0.2) is 71.3 Å². The monoisotopic (exact) mass is 400 g/mol. The van der Waals surface area contributed by atoms with Gasteiger partial charge in [0.05, 0.1) is 19.4 Å². The molecular formula is C22H22ClFN2O2. The quantitative estimate of drug-likeness (QED) is 0.548. The van der Waals surface area contributed by atoms with Gasteiger partial charge in [0.15, 0.2) is 0 Å². The molecule has 0 atom stereocenters. The number of carbonyl (C=O) groups excluding carboxylic acids is 1. The van der Waals surface area contributed by atoms with Crippen molar-refractivity contribution in [1.82, 2.24) is 9.80 Å². The molecule has 6 heteroatoms. The van der Waals surface area contributed by atoms with Crippen molar-refractivity contribution < 1.29 is 13.6 Å². The standard InChI is InChI=1S/C22H22ClFN2O2/c1-25(15-19-20(23)10-5-11-21(19)24)16-22(27)26(14-18-9-6-12-28-18)13-17-7-3-2-4-8-17/h2-12H,13-16H2,1H3. The van der Waals surface area contributed by atoms with Crippen LogP contribution in [0.4, 0.5) is 4.39 Å². The summed E-state index contributed by atoms with van der Waals surface area (Å²) >= 11 is 6.10. The predicted octanol–water partition coefficient (Wildman–Crippen LogP) is 4.73. The fourth-order valence-electron chi connectivity index (χ4n) is 2.97. The van der Waals surface area contributed by atoms with Crippen molar-refractivity contribution in [3.8, 4) is 0 Å². The molecule has 0 bridgehead atoms. The van der Waals surface area contributed by atoms with Gasteiger partial charge in [-0.2, -0.15) is 0 Å². The van der Waals surface area contributed by atoms with Gasteiger partial charge in [-0.15, -0.1) is 0 Å². The second kappa shape index (κ2) is 9.53. The molecule has 1 aromatic heterocycles. The summed E-state index contributed by atoms with van der Waals surface area (Å²) in [6.07, 6.45) is 1.59. The van der Waals surface area contributed by atoms with E-state index in [4.69, 9.17) is 16.0 Å². The normalized spacial score (nSPS) is 11.0. The van der Waals surface area contributed by atoms with Crippen molar-refractivity contribution in [3.63, 3.8) is 0 Å². The topological polar surface area (TPSA) is 36.7 Å². The van der Waals surface area contributed by atoms with Crippen LogP contribution >= 0.6 is 11.6 Å². The third-order valence-corrected chi connectivity index (χ3v) is 4.74. The highest BCUT2D eigenvalue weighted by Gasteiger charge is 2.19. The molecule has 28 heavy (non-hydrogen) atoms. The molecule has 0 aliphatic heterocycles. The molecule has 1 heterocycles. The molecule has 146 valence electrons. The Morgan fingerprint density at radius 2 is 1.79 bits per heavy atom. The first-order valence-electron chi connectivity index (χ1n) is 8.98. The third kappa shape index (κ3) is 5.44. The van der Waals surface area contributed by atoms with Crippen molar-refractivity contribution in [2.45, 2.75) is 19.6 Å². The van der Waals surface area contributed by atoms with Crippen LogP contribution in [0.25, 0.3) is 0 Å². The van der Waals surface area contributed by atoms with Gasteiger partial charge >= 0.3 is 0 Å². The Morgan fingerprint density at radius 1 is 1.00 bits per heavy atom. The van der Waals surface area contributed by atoms with Gasteiger partial charge in [0.25, 0.3) is 0 Å². The lowest BCUT2D eigenvalue weighted by atomic mass is 10.2. The van der Waals surface area contributed by atoms with Gasteiger partial charge in [-0.25, -0.2) is 4.39 Å². The molecule has 4 nitrogen and oxygen atoms in total. The van der Waals surface area contributed by atoms with Gasteiger partial charge in [0.2, 0.25) is 5.91 Å². The molecule has 0 saturated carbocycles. The van der Waals surface area contributed by atoms with Gasteiger partial charge in [0, 0.05) is 23.7 Å². The third-order valence-electron chi connectivity index (χ3n) is 4.39. The van der Waals surface area contributed by atoms with E-state index < -0.39 is 0 Å². The average Bonchev–Trinajstić information content (AvgIpc) is 3.18. The summed E-state index contributed by atoms with van der Waals surface area (Å²) in [7, 11) is 1.77. The zero-order chi connectivity index (χ0) is 19.9. The summed E-state index contributed by atoms with van der Waals surface area (Å²) < 4.78 is 19.4. The second-order valence-electron chi connectivity index (χ2n) is 6.69. The molecule has 0 N–H and O–H groups in total. The summed E-state index contributed by atoms with van der Waals surface area (Å²) in [6.45, 7) is 1.22. The van der Waals surface area contributed by atoms with Crippen LogP contribution in [0.2, 0.25) is 5.02 Å². The molecule has 2 aromatic carbocycles. The van der Waals surface area contributed by atoms with E-state index in [1.54, 1.807) is 41.3 Å². The second-order valence-corrected chi connectivity index (χ2v) is 7.09. The lowest BCUT2D eigenvalue weighted by Gasteiger charge is -2.25. The number of benzene rings is 2. The molecule has 1 amide bonds. The highest BCUT2D eigenvalue weighted by Crippen LogP contribution is 2.20. The first-order chi connectivity index (χ1) is 13.5. The first kappa shape index (κ1) is 20.1. The molecule has 0 unspecified atom stereocenters. The number of likely N-dealkylation sites (N-methyl/N-ethyl adjacent to an activating group) is 1. The van der Waals surface area contributed by atoms with E-state index in [-0.39, 0.29) is 24.8 Å².